The number of rotatable bonds is 5. The van der Waals surface area contributed by atoms with Crippen LogP contribution >= 0.6 is 0 Å². The van der Waals surface area contributed by atoms with Gasteiger partial charge in [0.15, 0.2) is 17.8 Å². The minimum Gasteiger partial charge on any atom is -0.504 e. The predicted octanol–water partition coefficient (Wildman–Crippen LogP) is -0.604. The molecule has 2 rings (SSSR count). The van der Waals surface area contributed by atoms with Crippen LogP contribution in [-0.4, -0.2) is 64.7 Å². The van der Waals surface area contributed by atoms with Gasteiger partial charge in [0.25, 0.3) is 0 Å². The van der Waals surface area contributed by atoms with E-state index in [1.807, 2.05) is 0 Å². The van der Waals surface area contributed by atoms with Gasteiger partial charge in [0.1, 0.15) is 24.9 Å². The van der Waals surface area contributed by atoms with Gasteiger partial charge in [-0.25, -0.2) is 4.79 Å². The van der Waals surface area contributed by atoms with Crippen LogP contribution in [0, 0.1) is 0 Å². The van der Waals surface area contributed by atoms with Gasteiger partial charge in [-0.05, 0) is 23.8 Å². The smallest absolute Gasteiger partial charge is 0.330 e. The van der Waals surface area contributed by atoms with E-state index >= 15 is 0 Å². The number of esters is 1. The number of phenols is 1. The number of aliphatic hydroxyl groups is 3. The maximum Gasteiger partial charge on any atom is 0.330 e. The Morgan fingerprint density at radius 1 is 1.30 bits per heavy atom. The number of phenolic OH excluding ortho intramolecular Hbond substituents is 1. The molecule has 1 aromatic carbocycles. The van der Waals surface area contributed by atoms with Crippen molar-refractivity contribution >= 4 is 12.0 Å². The average Bonchev–Trinajstić information content (AvgIpc) is 2.79. The van der Waals surface area contributed by atoms with E-state index in [-0.39, 0.29) is 18.1 Å². The summed E-state index contributed by atoms with van der Waals surface area (Å²) < 4.78 is 14.7. The summed E-state index contributed by atoms with van der Waals surface area (Å²) in [5.74, 6) is -0.439. The molecular formula is C15H18O8. The number of hydrogen-bond acceptors (Lipinski definition) is 8. The largest absolute Gasteiger partial charge is 0.504 e. The molecule has 8 heteroatoms. The Balaban J connectivity index is 1.87. The number of methoxy groups -OCH3 is 1. The first-order chi connectivity index (χ1) is 10.9. The third kappa shape index (κ3) is 4.20. The lowest BCUT2D eigenvalue weighted by molar-refractivity contribution is -0.153. The van der Waals surface area contributed by atoms with E-state index in [0.717, 1.165) is 6.08 Å². The van der Waals surface area contributed by atoms with Gasteiger partial charge in [-0.2, -0.15) is 0 Å². The maximum absolute atomic E-state index is 11.6. The first kappa shape index (κ1) is 17.2. The van der Waals surface area contributed by atoms with E-state index in [0.29, 0.717) is 5.56 Å². The fourth-order valence-corrected chi connectivity index (χ4v) is 2.04. The number of hydrogen-bond donors (Lipinski definition) is 4. The van der Waals surface area contributed by atoms with Gasteiger partial charge in [-0.3, -0.25) is 0 Å². The summed E-state index contributed by atoms with van der Waals surface area (Å²) in [4.78, 5) is 11.6. The molecule has 0 aliphatic carbocycles. The predicted molar refractivity (Wildman–Crippen MR) is 77.5 cm³/mol. The van der Waals surface area contributed by atoms with Crippen LogP contribution in [0.15, 0.2) is 24.3 Å². The van der Waals surface area contributed by atoms with Gasteiger partial charge in [0, 0.05) is 6.08 Å². The Morgan fingerprint density at radius 2 is 2.04 bits per heavy atom. The van der Waals surface area contributed by atoms with Crippen molar-refractivity contribution in [1.29, 1.82) is 0 Å². The van der Waals surface area contributed by atoms with Crippen molar-refractivity contribution in [3.63, 3.8) is 0 Å². The van der Waals surface area contributed by atoms with Crippen LogP contribution in [0.5, 0.6) is 11.5 Å². The molecule has 0 spiro atoms. The van der Waals surface area contributed by atoms with E-state index < -0.39 is 30.6 Å². The van der Waals surface area contributed by atoms with Crippen LogP contribution in [0.2, 0.25) is 0 Å². The van der Waals surface area contributed by atoms with Crippen LogP contribution in [-0.2, 0) is 14.3 Å². The molecule has 4 N–H and O–H groups in total. The van der Waals surface area contributed by atoms with Crippen molar-refractivity contribution in [2.75, 3.05) is 13.7 Å². The highest BCUT2D eigenvalue weighted by Gasteiger charge is 2.42. The van der Waals surface area contributed by atoms with Crippen LogP contribution in [0.25, 0.3) is 6.08 Å². The molecule has 0 saturated carbocycles. The highest BCUT2D eigenvalue weighted by molar-refractivity contribution is 5.87. The zero-order valence-electron chi connectivity index (χ0n) is 12.3. The van der Waals surface area contributed by atoms with E-state index in [1.54, 1.807) is 6.07 Å². The third-order valence-electron chi connectivity index (χ3n) is 3.34. The minimum atomic E-state index is -1.51. The molecule has 0 aromatic heterocycles. The Bertz CT molecular complexity index is 585. The molecule has 126 valence electrons. The average molecular weight is 326 g/mol. The summed E-state index contributed by atoms with van der Waals surface area (Å²) in [5, 5.41) is 37.5. The monoisotopic (exact) mass is 326 g/mol. The number of carbonyl (C=O) groups is 1. The molecule has 1 unspecified atom stereocenters. The number of aromatic hydroxyl groups is 1. The van der Waals surface area contributed by atoms with Crippen molar-refractivity contribution < 1.29 is 39.4 Å². The van der Waals surface area contributed by atoms with Gasteiger partial charge in [-0.1, -0.05) is 6.07 Å². The first-order valence-electron chi connectivity index (χ1n) is 6.84. The summed E-state index contributed by atoms with van der Waals surface area (Å²) in [6.45, 7) is -0.308. The van der Waals surface area contributed by atoms with Crippen LogP contribution in [0.1, 0.15) is 5.56 Å². The highest BCUT2D eigenvalue weighted by atomic mass is 16.7. The first-order valence-corrected chi connectivity index (χ1v) is 6.84. The number of benzene rings is 1. The normalized spacial score (nSPS) is 27.3. The second-order valence-electron chi connectivity index (χ2n) is 4.94. The Morgan fingerprint density at radius 3 is 2.65 bits per heavy atom. The van der Waals surface area contributed by atoms with Crippen molar-refractivity contribution in [2.24, 2.45) is 0 Å². The fraction of sp³-hybridized carbons (Fsp3) is 0.400. The molecule has 1 fully saturated rings. The minimum absolute atomic E-state index is 0.0169. The standard InChI is InChI=1S/C15H18O8/c1-21-10-6-8(2-4-9(10)16)3-5-12(17)22-7-11-13(18)14(19)15(20)23-11/h2-6,11,13-16,18-20H,7H2,1H3/t11-,13-,14+,15?/m0/s1. The van der Waals surface area contributed by atoms with E-state index in [4.69, 9.17) is 14.2 Å². The maximum atomic E-state index is 11.6. The Kier molecular flexibility index (Phi) is 5.56. The zero-order chi connectivity index (χ0) is 17.0. The molecular weight excluding hydrogens is 308 g/mol. The molecule has 1 aliphatic heterocycles. The Hall–Kier alpha value is -2.13. The van der Waals surface area contributed by atoms with Gasteiger partial charge in [0.05, 0.1) is 7.11 Å². The van der Waals surface area contributed by atoms with Crippen LogP contribution < -0.4 is 4.74 Å². The van der Waals surface area contributed by atoms with E-state index in [2.05, 4.69) is 0 Å². The number of aliphatic hydroxyl groups excluding tert-OH is 3. The van der Waals surface area contributed by atoms with Gasteiger partial charge in [-0.15, -0.1) is 0 Å². The van der Waals surface area contributed by atoms with Gasteiger partial charge >= 0.3 is 5.97 Å². The SMILES string of the molecule is COc1cc(C=CC(=O)OC[C@@H]2OC(O)[C@H](O)[C@H]2O)ccc1O. The van der Waals surface area contributed by atoms with Crippen molar-refractivity contribution in [2.45, 2.75) is 24.6 Å². The van der Waals surface area contributed by atoms with Crippen molar-refractivity contribution in [3.8, 4) is 11.5 Å². The summed E-state index contributed by atoms with van der Waals surface area (Å²) in [6, 6.07) is 4.54. The summed E-state index contributed by atoms with van der Waals surface area (Å²) in [7, 11) is 1.41. The molecule has 1 saturated heterocycles. The fourth-order valence-electron chi connectivity index (χ4n) is 2.04. The molecule has 1 aromatic rings. The van der Waals surface area contributed by atoms with Crippen LogP contribution in [0.4, 0.5) is 0 Å². The van der Waals surface area contributed by atoms with Crippen LogP contribution in [0.3, 0.4) is 0 Å². The molecule has 1 heterocycles. The van der Waals surface area contributed by atoms with Crippen molar-refractivity contribution in [1.82, 2.24) is 0 Å². The van der Waals surface area contributed by atoms with Crippen molar-refractivity contribution in [3.05, 3.63) is 29.8 Å². The zero-order valence-corrected chi connectivity index (χ0v) is 12.3. The third-order valence-corrected chi connectivity index (χ3v) is 3.34. The molecule has 1 aliphatic rings. The molecule has 0 radical (unpaired) electrons. The highest BCUT2D eigenvalue weighted by Crippen LogP contribution is 2.26. The number of ether oxygens (including phenoxy) is 3. The quantitative estimate of drug-likeness (QED) is 0.417. The van der Waals surface area contributed by atoms with E-state index in [9.17, 15) is 25.2 Å². The van der Waals surface area contributed by atoms with Gasteiger partial charge < -0.3 is 34.6 Å². The molecule has 8 nitrogen and oxygen atoms in total. The lowest BCUT2D eigenvalue weighted by Gasteiger charge is -2.13. The molecule has 23 heavy (non-hydrogen) atoms. The Labute approximate surface area is 132 Å². The second kappa shape index (κ2) is 7.42. The lowest BCUT2D eigenvalue weighted by Crippen LogP contribution is -2.34. The molecule has 0 amide bonds. The molecule has 4 atom stereocenters. The summed E-state index contributed by atoms with van der Waals surface area (Å²) in [6.07, 6.45) is -2.65. The topological polar surface area (TPSA) is 126 Å². The van der Waals surface area contributed by atoms with E-state index in [1.165, 1.54) is 25.3 Å². The summed E-state index contributed by atoms with van der Waals surface area (Å²) >= 11 is 0. The number of carbonyl (C=O) groups excluding carboxylic acids is 1. The summed E-state index contributed by atoms with van der Waals surface area (Å²) in [5.41, 5.74) is 0.611. The van der Waals surface area contributed by atoms with Gasteiger partial charge in [0.2, 0.25) is 0 Å². The second-order valence-corrected chi connectivity index (χ2v) is 4.94. The molecule has 0 bridgehead atoms. The lowest BCUT2D eigenvalue weighted by atomic mass is 10.1.